The SMILES string of the molecule is CCOC=CC(=O)c1cccc(Cl)c1. The summed E-state index contributed by atoms with van der Waals surface area (Å²) in [6.45, 7) is 2.41. The molecule has 0 fully saturated rings. The van der Waals surface area contributed by atoms with E-state index in [1.807, 2.05) is 6.92 Å². The fourth-order valence-corrected chi connectivity index (χ4v) is 1.13. The maximum absolute atomic E-state index is 11.4. The van der Waals surface area contributed by atoms with Crippen molar-refractivity contribution in [3.05, 3.63) is 47.2 Å². The Bertz CT molecular complexity index is 345. The third kappa shape index (κ3) is 3.23. The highest BCUT2D eigenvalue weighted by Gasteiger charge is 2.01. The lowest BCUT2D eigenvalue weighted by molar-refractivity contribution is 0.104. The summed E-state index contributed by atoms with van der Waals surface area (Å²) in [4.78, 5) is 11.4. The molecule has 1 aromatic rings. The first-order valence-corrected chi connectivity index (χ1v) is 4.70. The molecule has 0 radical (unpaired) electrons. The van der Waals surface area contributed by atoms with Crippen LogP contribution in [0.2, 0.25) is 5.02 Å². The summed E-state index contributed by atoms with van der Waals surface area (Å²) in [6, 6.07) is 6.80. The van der Waals surface area contributed by atoms with Crippen molar-refractivity contribution in [3.8, 4) is 0 Å². The van der Waals surface area contributed by atoms with E-state index in [2.05, 4.69) is 0 Å². The molecule has 0 bridgehead atoms. The van der Waals surface area contributed by atoms with Crippen molar-refractivity contribution in [1.29, 1.82) is 0 Å². The number of hydrogen-bond acceptors (Lipinski definition) is 2. The van der Waals surface area contributed by atoms with E-state index in [9.17, 15) is 4.79 Å². The Kier molecular flexibility index (Phi) is 4.20. The van der Waals surface area contributed by atoms with Gasteiger partial charge in [0, 0.05) is 16.7 Å². The summed E-state index contributed by atoms with van der Waals surface area (Å²) in [6.07, 6.45) is 2.78. The molecule has 3 heteroatoms. The molecule has 0 unspecified atom stereocenters. The Balaban J connectivity index is 2.70. The number of rotatable bonds is 4. The highest BCUT2D eigenvalue weighted by molar-refractivity contribution is 6.31. The molecule has 2 nitrogen and oxygen atoms in total. The molecule has 0 aromatic heterocycles. The van der Waals surface area contributed by atoms with Crippen LogP contribution in [-0.4, -0.2) is 12.4 Å². The molecule has 0 aliphatic rings. The van der Waals surface area contributed by atoms with Crippen molar-refractivity contribution in [3.63, 3.8) is 0 Å². The molecular formula is C11H11ClO2. The predicted molar refractivity (Wildman–Crippen MR) is 56.5 cm³/mol. The predicted octanol–water partition coefficient (Wildman–Crippen LogP) is 3.07. The first kappa shape index (κ1) is 10.8. The Morgan fingerprint density at radius 3 is 3.00 bits per heavy atom. The van der Waals surface area contributed by atoms with Gasteiger partial charge in [0.15, 0.2) is 5.78 Å². The zero-order valence-electron chi connectivity index (χ0n) is 7.87. The summed E-state index contributed by atoms with van der Waals surface area (Å²) >= 11 is 5.74. The van der Waals surface area contributed by atoms with Gasteiger partial charge >= 0.3 is 0 Å². The second kappa shape index (κ2) is 5.45. The summed E-state index contributed by atoms with van der Waals surface area (Å²) < 4.78 is 4.92. The van der Waals surface area contributed by atoms with Gasteiger partial charge in [0.05, 0.1) is 12.9 Å². The summed E-state index contributed by atoms with van der Waals surface area (Å²) in [5.41, 5.74) is 0.563. The smallest absolute Gasteiger partial charge is 0.188 e. The summed E-state index contributed by atoms with van der Waals surface area (Å²) in [7, 11) is 0. The van der Waals surface area contributed by atoms with Gasteiger partial charge in [-0.2, -0.15) is 0 Å². The van der Waals surface area contributed by atoms with E-state index in [1.54, 1.807) is 24.3 Å². The molecule has 74 valence electrons. The monoisotopic (exact) mass is 210 g/mol. The molecule has 1 rings (SSSR count). The Labute approximate surface area is 88.1 Å². The zero-order valence-corrected chi connectivity index (χ0v) is 8.62. The number of ether oxygens (including phenoxy) is 1. The Morgan fingerprint density at radius 2 is 2.36 bits per heavy atom. The van der Waals surface area contributed by atoms with Crippen LogP contribution in [0.4, 0.5) is 0 Å². The standard InChI is InChI=1S/C11H11ClO2/c1-2-14-7-6-11(13)9-4-3-5-10(12)8-9/h3-8H,2H2,1H3. The van der Waals surface area contributed by atoms with Crippen LogP contribution < -0.4 is 0 Å². The first-order valence-electron chi connectivity index (χ1n) is 4.32. The van der Waals surface area contributed by atoms with E-state index in [0.29, 0.717) is 17.2 Å². The maximum Gasteiger partial charge on any atom is 0.188 e. The van der Waals surface area contributed by atoms with Crippen molar-refractivity contribution >= 4 is 17.4 Å². The van der Waals surface area contributed by atoms with Gasteiger partial charge in [-0.25, -0.2) is 0 Å². The van der Waals surface area contributed by atoms with E-state index in [-0.39, 0.29) is 5.78 Å². The maximum atomic E-state index is 11.4. The number of carbonyl (C=O) groups excluding carboxylic acids is 1. The molecule has 0 aliphatic carbocycles. The van der Waals surface area contributed by atoms with E-state index >= 15 is 0 Å². The molecule has 14 heavy (non-hydrogen) atoms. The van der Waals surface area contributed by atoms with Crippen LogP contribution >= 0.6 is 11.6 Å². The van der Waals surface area contributed by atoms with Crippen LogP contribution in [0, 0.1) is 0 Å². The van der Waals surface area contributed by atoms with Crippen molar-refractivity contribution in [2.75, 3.05) is 6.61 Å². The van der Waals surface area contributed by atoms with Gasteiger partial charge in [-0.3, -0.25) is 4.79 Å². The number of benzene rings is 1. The van der Waals surface area contributed by atoms with Crippen molar-refractivity contribution in [2.45, 2.75) is 6.92 Å². The minimum absolute atomic E-state index is 0.110. The molecule has 0 saturated carbocycles. The molecule has 0 amide bonds. The van der Waals surface area contributed by atoms with Crippen molar-refractivity contribution < 1.29 is 9.53 Å². The number of halogens is 1. The molecule has 0 N–H and O–H groups in total. The van der Waals surface area contributed by atoms with Crippen LogP contribution in [0.5, 0.6) is 0 Å². The lowest BCUT2D eigenvalue weighted by Gasteiger charge is -1.96. The second-order valence-electron chi connectivity index (χ2n) is 2.63. The third-order valence-electron chi connectivity index (χ3n) is 1.59. The van der Waals surface area contributed by atoms with E-state index in [0.717, 1.165) is 0 Å². The van der Waals surface area contributed by atoms with E-state index < -0.39 is 0 Å². The van der Waals surface area contributed by atoms with Gasteiger partial charge in [-0.15, -0.1) is 0 Å². The highest BCUT2D eigenvalue weighted by atomic mass is 35.5. The summed E-state index contributed by atoms with van der Waals surface area (Å²) in [5.74, 6) is -0.110. The van der Waals surface area contributed by atoms with Gasteiger partial charge in [0.25, 0.3) is 0 Å². The molecule has 0 aliphatic heterocycles. The van der Waals surface area contributed by atoms with Crippen molar-refractivity contribution in [2.24, 2.45) is 0 Å². The second-order valence-corrected chi connectivity index (χ2v) is 3.07. The first-order chi connectivity index (χ1) is 6.74. The molecule has 0 atom stereocenters. The quantitative estimate of drug-likeness (QED) is 0.434. The lowest BCUT2D eigenvalue weighted by atomic mass is 10.1. The van der Waals surface area contributed by atoms with Crippen LogP contribution in [0.3, 0.4) is 0 Å². The van der Waals surface area contributed by atoms with Crippen LogP contribution in [0.25, 0.3) is 0 Å². The van der Waals surface area contributed by atoms with Gasteiger partial charge < -0.3 is 4.74 Å². The molecule has 1 aromatic carbocycles. The van der Waals surface area contributed by atoms with Crippen molar-refractivity contribution in [1.82, 2.24) is 0 Å². The average Bonchev–Trinajstić information content (AvgIpc) is 2.18. The minimum Gasteiger partial charge on any atom is -0.501 e. The molecule has 0 spiro atoms. The normalized spacial score (nSPS) is 10.4. The van der Waals surface area contributed by atoms with Gasteiger partial charge in [-0.1, -0.05) is 23.7 Å². The number of carbonyl (C=O) groups is 1. The fourth-order valence-electron chi connectivity index (χ4n) is 0.944. The largest absolute Gasteiger partial charge is 0.501 e. The Morgan fingerprint density at radius 1 is 1.57 bits per heavy atom. The topological polar surface area (TPSA) is 26.3 Å². The molecule has 0 saturated heterocycles. The highest BCUT2D eigenvalue weighted by Crippen LogP contribution is 2.11. The number of hydrogen-bond donors (Lipinski definition) is 0. The van der Waals surface area contributed by atoms with Crippen LogP contribution in [-0.2, 0) is 4.74 Å². The van der Waals surface area contributed by atoms with E-state index in [1.165, 1.54) is 12.3 Å². The van der Waals surface area contributed by atoms with Gasteiger partial charge in [0.1, 0.15) is 0 Å². The zero-order chi connectivity index (χ0) is 10.4. The fraction of sp³-hybridized carbons (Fsp3) is 0.182. The average molecular weight is 211 g/mol. The molecular weight excluding hydrogens is 200 g/mol. The van der Waals surface area contributed by atoms with Gasteiger partial charge in [0.2, 0.25) is 0 Å². The van der Waals surface area contributed by atoms with E-state index in [4.69, 9.17) is 16.3 Å². The summed E-state index contributed by atoms with van der Waals surface area (Å²) in [5, 5.41) is 0.556. The third-order valence-corrected chi connectivity index (χ3v) is 1.83. The van der Waals surface area contributed by atoms with Crippen LogP contribution in [0.1, 0.15) is 17.3 Å². The minimum atomic E-state index is -0.110. The van der Waals surface area contributed by atoms with Crippen LogP contribution in [0.15, 0.2) is 36.6 Å². The number of ketones is 1. The van der Waals surface area contributed by atoms with Gasteiger partial charge in [-0.05, 0) is 19.1 Å². The Hall–Kier alpha value is -1.28. The molecule has 0 heterocycles. The lowest BCUT2D eigenvalue weighted by Crippen LogP contribution is -1.94. The number of allylic oxidation sites excluding steroid dienone is 1.